The van der Waals surface area contributed by atoms with Gasteiger partial charge in [-0.1, -0.05) is 24.3 Å². The standard InChI is InChI=1S/C34H36F3N5O3.BrH/c1-34(25-8-9-25)31(43)42(33(44)40-34)26-5-3-4-22(16-26)19-39-32(38-14-12-21-6-10-27(45-2)11-7-21)41-15-13-23(20-41)24-17-28(35)30(37)29(36)18-24;/h3-7,10-11,16-18,23,25H,8-9,12-15,19-20H2,1-2H3,(H,38,39)(H,40,44);1H. The fraction of sp³-hybridized carbons (Fsp3) is 0.382. The molecule has 12 heteroatoms. The number of halogens is 4. The van der Waals surface area contributed by atoms with Crippen molar-refractivity contribution in [2.45, 2.75) is 50.6 Å². The van der Waals surface area contributed by atoms with Crippen LogP contribution in [-0.4, -0.2) is 55.1 Å². The summed E-state index contributed by atoms with van der Waals surface area (Å²) in [6, 6.07) is 16.7. The Balaban J connectivity index is 0.00000417. The molecule has 2 aliphatic heterocycles. The average molecular weight is 701 g/mol. The number of urea groups is 1. The van der Waals surface area contributed by atoms with Crippen LogP contribution in [-0.2, 0) is 17.8 Å². The molecule has 2 heterocycles. The molecule has 2 saturated heterocycles. The molecule has 8 nitrogen and oxygen atoms in total. The number of methoxy groups -OCH3 is 1. The third-order valence-corrected chi connectivity index (χ3v) is 9.01. The van der Waals surface area contributed by atoms with Crippen molar-refractivity contribution < 1.29 is 27.5 Å². The highest BCUT2D eigenvalue weighted by atomic mass is 79.9. The van der Waals surface area contributed by atoms with Crippen molar-refractivity contribution in [1.29, 1.82) is 0 Å². The summed E-state index contributed by atoms with van der Waals surface area (Å²) >= 11 is 0. The zero-order chi connectivity index (χ0) is 31.7. The van der Waals surface area contributed by atoms with E-state index in [1.54, 1.807) is 32.2 Å². The van der Waals surface area contributed by atoms with Crippen LogP contribution in [0.3, 0.4) is 0 Å². The molecule has 2 atom stereocenters. The molecule has 3 amide bonds. The fourth-order valence-electron chi connectivity index (χ4n) is 6.20. The van der Waals surface area contributed by atoms with Gasteiger partial charge < -0.3 is 20.3 Å². The normalized spacial score (nSPS) is 21.3. The number of nitrogens with zero attached hydrogens (tertiary/aromatic N) is 3. The second kappa shape index (κ2) is 13.7. The molecule has 3 aromatic rings. The van der Waals surface area contributed by atoms with Gasteiger partial charge in [-0.2, -0.15) is 0 Å². The minimum atomic E-state index is -1.47. The first-order chi connectivity index (χ1) is 21.7. The zero-order valence-electron chi connectivity index (χ0n) is 25.7. The Morgan fingerprint density at radius 3 is 2.41 bits per heavy atom. The molecule has 6 rings (SSSR count). The summed E-state index contributed by atoms with van der Waals surface area (Å²) in [7, 11) is 1.62. The number of nitrogens with one attached hydrogen (secondary N) is 2. The number of guanidine groups is 1. The second-order valence-corrected chi connectivity index (χ2v) is 12.1. The molecule has 0 spiro atoms. The topological polar surface area (TPSA) is 86.3 Å². The Morgan fingerprint density at radius 2 is 1.74 bits per heavy atom. The highest BCUT2D eigenvalue weighted by molar-refractivity contribution is 8.93. The summed E-state index contributed by atoms with van der Waals surface area (Å²) in [6.45, 7) is 3.67. The van der Waals surface area contributed by atoms with Crippen molar-refractivity contribution in [2.75, 3.05) is 31.6 Å². The quantitative estimate of drug-likeness (QED) is 0.122. The van der Waals surface area contributed by atoms with Gasteiger partial charge in [0.2, 0.25) is 0 Å². The van der Waals surface area contributed by atoms with Crippen LogP contribution >= 0.6 is 17.0 Å². The van der Waals surface area contributed by atoms with Gasteiger partial charge in [0.1, 0.15) is 11.3 Å². The second-order valence-electron chi connectivity index (χ2n) is 12.1. The highest BCUT2D eigenvalue weighted by Crippen LogP contribution is 2.43. The lowest BCUT2D eigenvalue weighted by Crippen LogP contribution is -2.46. The van der Waals surface area contributed by atoms with Crippen LogP contribution in [0, 0.1) is 23.4 Å². The number of carbonyl (C=O) groups excluding carboxylic acids is 2. The van der Waals surface area contributed by atoms with Crippen LogP contribution in [0.2, 0.25) is 0 Å². The summed E-state index contributed by atoms with van der Waals surface area (Å²) in [4.78, 5) is 34.2. The predicted molar refractivity (Wildman–Crippen MR) is 175 cm³/mol. The molecular formula is C34H37BrF3N5O3. The van der Waals surface area contributed by atoms with Crippen LogP contribution < -0.4 is 20.3 Å². The third-order valence-electron chi connectivity index (χ3n) is 9.01. The van der Waals surface area contributed by atoms with Crippen molar-refractivity contribution in [1.82, 2.24) is 15.5 Å². The molecule has 244 valence electrons. The maximum atomic E-state index is 14.0. The molecule has 3 aromatic carbocycles. The number of amides is 3. The largest absolute Gasteiger partial charge is 0.497 e. The Kier molecular flexibility index (Phi) is 9.95. The monoisotopic (exact) mass is 699 g/mol. The van der Waals surface area contributed by atoms with Crippen LogP contribution in [0.5, 0.6) is 5.75 Å². The van der Waals surface area contributed by atoms with E-state index >= 15 is 0 Å². The van der Waals surface area contributed by atoms with E-state index in [9.17, 15) is 22.8 Å². The number of imide groups is 1. The van der Waals surface area contributed by atoms with E-state index in [0.29, 0.717) is 43.3 Å². The van der Waals surface area contributed by atoms with Crippen molar-refractivity contribution >= 4 is 40.6 Å². The molecule has 3 fully saturated rings. The van der Waals surface area contributed by atoms with E-state index in [1.807, 2.05) is 35.2 Å². The Labute approximate surface area is 276 Å². The van der Waals surface area contributed by atoms with Gasteiger partial charge in [-0.05, 0) is 91.6 Å². The van der Waals surface area contributed by atoms with Crippen molar-refractivity contribution in [3.63, 3.8) is 0 Å². The van der Waals surface area contributed by atoms with Gasteiger partial charge in [0.05, 0.1) is 19.3 Å². The van der Waals surface area contributed by atoms with Gasteiger partial charge in [0.25, 0.3) is 5.91 Å². The first kappa shape index (κ1) is 33.3. The SMILES string of the molecule is Br.COc1ccc(CCNC(=NCc2cccc(N3C(=O)NC(C)(C4CC4)C3=O)c2)N2CCC(c3cc(F)c(F)c(F)c3)C2)cc1. The first-order valence-corrected chi connectivity index (χ1v) is 15.2. The minimum Gasteiger partial charge on any atom is -0.497 e. The minimum absolute atomic E-state index is 0. The molecule has 46 heavy (non-hydrogen) atoms. The maximum absolute atomic E-state index is 14.0. The molecule has 1 aliphatic carbocycles. The number of likely N-dealkylation sites (tertiary alicyclic amines) is 1. The summed E-state index contributed by atoms with van der Waals surface area (Å²) in [5, 5.41) is 6.32. The molecular weight excluding hydrogens is 663 g/mol. The molecule has 3 aliphatic rings. The van der Waals surface area contributed by atoms with E-state index in [-0.39, 0.29) is 41.3 Å². The average Bonchev–Trinajstić information content (AvgIpc) is 3.74. The lowest BCUT2D eigenvalue weighted by molar-refractivity contribution is -0.122. The number of ether oxygens (including phenoxy) is 1. The Morgan fingerprint density at radius 1 is 1.02 bits per heavy atom. The molecule has 1 saturated carbocycles. The molecule has 0 aromatic heterocycles. The number of carbonyl (C=O) groups is 2. The summed E-state index contributed by atoms with van der Waals surface area (Å²) in [6.07, 6.45) is 3.17. The smallest absolute Gasteiger partial charge is 0.329 e. The molecule has 2 N–H and O–H groups in total. The van der Waals surface area contributed by atoms with Gasteiger partial charge in [-0.15, -0.1) is 17.0 Å². The Hall–Kier alpha value is -4.06. The molecule has 2 unspecified atom stereocenters. The molecule has 0 radical (unpaired) electrons. The predicted octanol–water partition coefficient (Wildman–Crippen LogP) is 6.09. The maximum Gasteiger partial charge on any atom is 0.329 e. The van der Waals surface area contributed by atoms with Crippen molar-refractivity contribution in [2.24, 2.45) is 10.9 Å². The van der Waals surface area contributed by atoms with Crippen LogP contribution in [0.4, 0.5) is 23.7 Å². The van der Waals surface area contributed by atoms with Crippen molar-refractivity contribution in [3.05, 3.63) is 94.8 Å². The fourth-order valence-corrected chi connectivity index (χ4v) is 6.20. The number of hydrogen-bond donors (Lipinski definition) is 2. The van der Waals surface area contributed by atoms with E-state index in [0.717, 1.165) is 48.3 Å². The lowest BCUT2D eigenvalue weighted by Gasteiger charge is -2.23. The van der Waals surface area contributed by atoms with E-state index in [4.69, 9.17) is 9.73 Å². The van der Waals surface area contributed by atoms with Crippen LogP contribution in [0.1, 0.15) is 48.8 Å². The third kappa shape index (κ3) is 6.86. The Bertz CT molecular complexity index is 1610. The van der Waals surface area contributed by atoms with Crippen molar-refractivity contribution in [3.8, 4) is 5.75 Å². The number of benzene rings is 3. The van der Waals surface area contributed by atoms with E-state index in [1.165, 1.54) is 4.90 Å². The van der Waals surface area contributed by atoms with Gasteiger partial charge in [-0.3, -0.25) is 4.79 Å². The highest BCUT2D eigenvalue weighted by Gasteiger charge is 2.56. The number of anilines is 1. The summed E-state index contributed by atoms with van der Waals surface area (Å²) in [5.41, 5.74) is 1.94. The number of rotatable bonds is 9. The number of aliphatic imine (C=N–C) groups is 1. The lowest BCUT2D eigenvalue weighted by atomic mass is 9.96. The zero-order valence-corrected chi connectivity index (χ0v) is 27.4. The summed E-state index contributed by atoms with van der Waals surface area (Å²) < 4.78 is 46.8. The van der Waals surface area contributed by atoms with E-state index in [2.05, 4.69) is 10.6 Å². The van der Waals surface area contributed by atoms with Gasteiger partial charge in [0, 0.05) is 25.6 Å². The van der Waals surface area contributed by atoms with Gasteiger partial charge in [-0.25, -0.2) is 27.9 Å². The van der Waals surface area contributed by atoms with Gasteiger partial charge >= 0.3 is 6.03 Å². The molecule has 0 bridgehead atoms. The van der Waals surface area contributed by atoms with Gasteiger partial charge in [0.15, 0.2) is 23.4 Å². The first-order valence-electron chi connectivity index (χ1n) is 15.2. The van der Waals surface area contributed by atoms with Crippen LogP contribution in [0.25, 0.3) is 0 Å². The summed E-state index contributed by atoms with van der Waals surface area (Å²) in [5.74, 6) is -2.75. The van der Waals surface area contributed by atoms with E-state index < -0.39 is 29.0 Å². The van der Waals surface area contributed by atoms with Crippen LogP contribution in [0.15, 0.2) is 65.7 Å². The number of hydrogen-bond acceptors (Lipinski definition) is 4.